The maximum Gasteiger partial charge on any atom is 0.410 e. The van der Waals surface area contributed by atoms with Crippen LogP contribution in [0.25, 0.3) is 0 Å². The number of thiophene rings is 1. The molecular formula is C21H23N3O5S2. The van der Waals surface area contributed by atoms with E-state index >= 15 is 0 Å². The Morgan fingerprint density at radius 1 is 1.35 bits per heavy atom. The fourth-order valence-corrected chi connectivity index (χ4v) is 5.55. The summed E-state index contributed by atoms with van der Waals surface area (Å²) in [5.41, 5.74) is 1.38. The highest BCUT2D eigenvalue weighted by Gasteiger charge is 2.28. The first-order chi connectivity index (χ1) is 14.7. The Hall–Kier alpha value is -2.90. The minimum Gasteiger partial charge on any atom is -0.450 e. The number of nitrogens with zero attached hydrogens (tertiary/aromatic N) is 2. The lowest BCUT2D eigenvalue weighted by Crippen LogP contribution is -2.35. The smallest absolute Gasteiger partial charge is 0.410 e. The van der Waals surface area contributed by atoms with Crippen molar-refractivity contribution < 1.29 is 22.7 Å². The predicted octanol–water partition coefficient (Wildman–Crippen LogP) is 3.57. The zero-order valence-corrected chi connectivity index (χ0v) is 19.1. The van der Waals surface area contributed by atoms with E-state index in [2.05, 4.69) is 11.4 Å². The minimum atomic E-state index is -3.52. The molecule has 31 heavy (non-hydrogen) atoms. The molecule has 0 radical (unpaired) electrons. The number of hydrogen-bond donors (Lipinski definition) is 1. The van der Waals surface area contributed by atoms with Crippen molar-refractivity contribution in [1.82, 2.24) is 4.90 Å². The first kappa shape index (κ1) is 22.8. The molecule has 1 aromatic carbocycles. The standard InChI is InChI=1S/C21H23N3O5S2/c1-4-29-21(26)24-9-8-16-17(11-22)20(30-18(16)12-24)23-19(25)14-6-5-7-15(10-14)31(27,28)13(2)3/h5-7,10,13H,4,8-9,12H2,1-3H3,(H,23,25). The molecule has 164 valence electrons. The zero-order chi connectivity index (χ0) is 22.8. The SMILES string of the molecule is CCOC(=O)N1CCc2c(sc(NC(=O)c3cccc(S(=O)(=O)C(C)C)c3)c2C#N)C1. The molecule has 0 bridgehead atoms. The van der Waals surface area contributed by atoms with Crippen LogP contribution in [0.4, 0.5) is 9.80 Å². The number of carbonyl (C=O) groups is 2. The molecule has 0 spiro atoms. The van der Waals surface area contributed by atoms with Crippen molar-refractivity contribution in [3.8, 4) is 6.07 Å². The third kappa shape index (κ3) is 4.57. The van der Waals surface area contributed by atoms with Crippen molar-refractivity contribution in [3.63, 3.8) is 0 Å². The van der Waals surface area contributed by atoms with E-state index in [1.807, 2.05) is 0 Å². The van der Waals surface area contributed by atoms with E-state index in [-0.39, 0.29) is 17.1 Å². The Balaban J connectivity index is 1.85. The number of amides is 2. The Morgan fingerprint density at radius 2 is 2.10 bits per heavy atom. The fourth-order valence-electron chi connectivity index (χ4n) is 3.24. The van der Waals surface area contributed by atoms with Crippen LogP contribution in [0.15, 0.2) is 29.2 Å². The van der Waals surface area contributed by atoms with Gasteiger partial charge in [0.25, 0.3) is 5.91 Å². The van der Waals surface area contributed by atoms with Crippen LogP contribution in [-0.2, 0) is 27.5 Å². The quantitative estimate of drug-likeness (QED) is 0.728. The first-order valence-corrected chi connectivity index (χ1v) is 12.2. The Morgan fingerprint density at radius 3 is 2.74 bits per heavy atom. The summed E-state index contributed by atoms with van der Waals surface area (Å²) in [6.07, 6.45) is 0.0831. The molecule has 0 saturated carbocycles. The fraction of sp³-hybridized carbons (Fsp3) is 0.381. The van der Waals surface area contributed by atoms with Crippen LogP contribution in [0.1, 0.15) is 47.1 Å². The van der Waals surface area contributed by atoms with Gasteiger partial charge in [0.1, 0.15) is 11.1 Å². The van der Waals surface area contributed by atoms with E-state index in [0.717, 1.165) is 10.4 Å². The summed E-state index contributed by atoms with van der Waals surface area (Å²) in [5.74, 6) is -0.502. The van der Waals surface area contributed by atoms with E-state index in [1.165, 1.54) is 35.6 Å². The van der Waals surface area contributed by atoms with Gasteiger partial charge in [0.2, 0.25) is 0 Å². The zero-order valence-electron chi connectivity index (χ0n) is 17.5. The van der Waals surface area contributed by atoms with Crippen LogP contribution >= 0.6 is 11.3 Å². The van der Waals surface area contributed by atoms with Gasteiger partial charge in [0.05, 0.1) is 28.9 Å². The van der Waals surface area contributed by atoms with Gasteiger partial charge in [-0.05, 0) is 51.0 Å². The number of rotatable bonds is 5. The summed E-state index contributed by atoms with van der Waals surface area (Å²) >= 11 is 1.24. The van der Waals surface area contributed by atoms with Crippen LogP contribution in [0.5, 0.6) is 0 Å². The Bertz CT molecular complexity index is 1160. The van der Waals surface area contributed by atoms with Gasteiger partial charge in [-0.2, -0.15) is 5.26 Å². The molecule has 0 fully saturated rings. The van der Waals surface area contributed by atoms with E-state index in [0.29, 0.717) is 30.1 Å². The summed E-state index contributed by atoms with van der Waals surface area (Å²) in [6.45, 7) is 5.92. The number of ether oxygens (including phenoxy) is 1. The van der Waals surface area contributed by atoms with Gasteiger partial charge in [-0.25, -0.2) is 13.2 Å². The lowest BCUT2D eigenvalue weighted by molar-refractivity contribution is 0.102. The van der Waals surface area contributed by atoms with E-state index in [1.54, 1.807) is 25.7 Å². The molecule has 1 N–H and O–H groups in total. The predicted molar refractivity (Wildman–Crippen MR) is 117 cm³/mol. The molecular weight excluding hydrogens is 438 g/mol. The number of anilines is 1. The van der Waals surface area contributed by atoms with Crippen LogP contribution < -0.4 is 5.32 Å². The van der Waals surface area contributed by atoms with E-state index < -0.39 is 27.1 Å². The van der Waals surface area contributed by atoms with Crippen molar-refractivity contribution in [3.05, 3.63) is 45.8 Å². The molecule has 8 nitrogen and oxygen atoms in total. The van der Waals surface area contributed by atoms with Gasteiger partial charge in [-0.15, -0.1) is 11.3 Å². The van der Waals surface area contributed by atoms with Crippen LogP contribution in [-0.4, -0.2) is 43.7 Å². The van der Waals surface area contributed by atoms with Gasteiger partial charge in [-0.3, -0.25) is 4.79 Å². The summed E-state index contributed by atoms with van der Waals surface area (Å²) in [5, 5.41) is 12.2. The molecule has 0 saturated heterocycles. The molecule has 0 aliphatic carbocycles. The lowest BCUT2D eigenvalue weighted by atomic mass is 10.0. The largest absolute Gasteiger partial charge is 0.450 e. The van der Waals surface area contributed by atoms with Gasteiger partial charge in [0, 0.05) is 17.0 Å². The van der Waals surface area contributed by atoms with Gasteiger partial charge in [-0.1, -0.05) is 6.07 Å². The minimum absolute atomic E-state index is 0.0752. The van der Waals surface area contributed by atoms with Crippen LogP contribution in [0.3, 0.4) is 0 Å². The molecule has 1 aromatic heterocycles. The van der Waals surface area contributed by atoms with Crippen molar-refractivity contribution in [2.24, 2.45) is 0 Å². The number of hydrogen-bond acceptors (Lipinski definition) is 7. The number of nitrogens with one attached hydrogen (secondary N) is 1. The number of sulfone groups is 1. The maximum absolute atomic E-state index is 12.8. The highest BCUT2D eigenvalue weighted by atomic mass is 32.2. The van der Waals surface area contributed by atoms with E-state index in [9.17, 15) is 23.3 Å². The van der Waals surface area contributed by atoms with E-state index in [4.69, 9.17) is 4.74 Å². The number of carbonyl (C=O) groups excluding carboxylic acids is 2. The second-order valence-corrected chi connectivity index (χ2v) is 10.9. The van der Waals surface area contributed by atoms with Crippen LogP contribution in [0, 0.1) is 11.3 Å². The first-order valence-electron chi connectivity index (χ1n) is 9.80. The van der Waals surface area contributed by atoms with Crippen LogP contribution in [0.2, 0.25) is 0 Å². The molecule has 10 heteroatoms. The molecule has 3 rings (SSSR count). The Labute approximate surface area is 185 Å². The molecule has 1 aliphatic rings. The van der Waals surface area contributed by atoms with Crippen molar-refractivity contribution in [2.45, 2.75) is 43.9 Å². The van der Waals surface area contributed by atoms with Gasteiger partial charge in [0.15, 0.2) is 9.84 Å². The van der Waals surface area contributed by atoms with Crippen molar-refractivity contribution in [2.75, 3.05) is 18.5 Å². The molecule has 2 amide bonds. The Kier molecular flexibility index (Phi) is 6.67. The average Bonchev–Trinajstić information content (AvgIpc) is 3.09. The summed E-state index contributed by atoms with van der Waals surface area (Å²) in [7, 11) is -3.52. The molecule has 1 aliphatic heterocycles. The second-order valence-electron chi connectivity index (χ2n) is 7.27. The van der Waals surface area contributed by atoms with Crippen molar-refractivity contribution >= 4 is 38.2 Å². The number of nitriles is 1. The number of benzene rings is 1. The third-order valence-corrected chi connectivity index (χ3v) is 8.25. The second kappa shape index (κ2) is 9.08. The normalized spacial score (nSPS) is 13.5. The summed E-state index contributed by atoms with van der Waals surface area (Å²) in [4.78, 5) is 27.3. The molecule has 0 unspecified atom stereocenters. The molecule has 0 atom stereocenters. The highest BCUT2D eigenvalue weighted by molar-refractivity contribution is 7.92. The lowest BCUT2D eigenvalue weighted by Gasteiger charge is -2.25. The monoisotopic (exact) mass is 461 g/mol. The average molecular weight is 462 g/mol. The topological polar surface area (TPSA) is 117 Å². The van der Waals surface area contributed by atoms with Gasteiger partial charge < -0.3 is 15.0 Å². The van der Waals surface area contributed by atoms with Crippen molar-refractivity contribution in [1.29, 1.82) is 5.26 Å². The summed E-state index contributed by atoms with van der Waals surface area (Å²) < 4.78 is 29.9. The molecule has 2 heterocycles. The highest BCUT2D eigenvalue weighted by Crippen LogP contribution is 2.37. The maximum atomic E-state index is 12.8. The summed E-state index contributed by atoms with van der Waals surface area (Å²) in [6, 6.07) is 7.99. The van der Waals surface area contributed by atoms with Gasteiger partial charge >= 0.3 is 6.09 Å². The third-order valence-electron chi connectivity index (χ3n) is 4.97. The molecule has 2 aromatic rings. The number of fused-ring (bicyclic) bond motifs is 1.